The molecule has 1 aliphatic heterocycles. The van der Waals surface area contributed by atoms with Gasteiger partial charge in [-0.1, -0.05) is 0 Å². The van der Waals surface area contributed by atoms with E-state index in [0.29, 0.717) is 12.1 Å². The van der Waals surface area contributed by atoms with Gasteiger partial charge in [0, 0.05) is 24.0 Å². The summed E-state index contributed by atoms with van der Waals surface area (Å²) in [7, 11) is 0. The van der Waals surface area contributed by atoms with Crippen molar-refractivity contribution in [2.24, 2.45) is 0 Å². The molecule has 0 radical (unpaired) electrons. The first-order valence-corrected chi connectivity index (χ1v) is 7.45. The zero-order chi connectivity index (χ0) is 11.5. The summed E-state index contributed by atoms with van der Waals surface area (Å²) >= 11 is 5.13. The molecule has 1 atom stereocenters. The summed E-state index contributed by atoms with van der Waals surface area (Å²) in [4.78, 5) is 6.89. The van der Waals surface area contributed by atoms with E-state index >= 15 is 0 Å². The zero-order valence-corrected chi connectivity index (χ0v) is 12.1. The second-order valence-electron chi connectivity index (χ2n) is 4.49. The van der Waals surface area contributed by atoms with Crippen molar-refractivity contribution in [2.45, 2.75) is 38.8 Å². The van der Waals surface area contributed by atoms with Gasteiger partial charge < -0.3 is 10.2 Å². The third-order valence-electron chi connectivity index (χ3n) is 2.91. The van der Waals surface area contributed by atoms with Crippen molar-refractivity contribution in [1.29, 1.82) is 0 Å². The Hall–Kier alpha value is -0.130. The number of anilines is 1. The van der Waals surface area contributed by atoms with E-state index in [1.807, 2.05) is 5.38 Å². The highest BCUT2D eigenvalue weighted by Crippen LogP contribution is 2.26. The fourth-order valence-corrected chi connectivity index (χ4v) is 3.43. The first-order valence-electron chi connectivity index (χ1n) is 5.78. The molecular weight excluding hydrogens is 286 g/mol. The maximum Gasteiger partial charge on any atom is 0.186 e. The molecule has 0 saturated carbocycles. The van der Waals surface area contributed by atoms with Gasteiger partial charge in [0.25, 0.3) is 0 Å². The number of nitrogens with one attached hydrogen (secondary N) is 1. The fourth-order valence-electron chi connectivity index (χ4n) is 2.04. The maximum atomic E-state index is 4.51. The highest BCUT2D eigenvalue weighted by Gasteiger charge is 2.21. The largest absolute Gasteiger partial charge is 0.344 e. The smallest absolute Gasteiger partial charge is 0.186 e. The van der Waals surface area contributed by atoms with Crippen LogP contribution in [-0.2, 0) is 0 Å². The molecule has 2 heterocycles. The number of aromatic nitrogens is 1. The van der Waals surface area contributed by atoms with E-state index in [-0.39, 0.29) is 0 Å². The summed E-state index contributed by atoms with van der Waals surface area (Å²) in [5, 5.41) is 6.71. The Morgan fingerprint density at radius 2 is 2.50 bits per heavy atom. The van der Waals surface area contributed by atoms with E-state index in [4.69, 9.17) is 0 Å². The number of hydrogen-bond donors (Lipinski definition) is 1. The van der Waals surface area contributed by atoms with Gasteiger partial charge in [0.15, 0.2) is 5.13 Å². The average molecular weight is 304 g/mol. The van der Waals surface area contributed by atoms with Crippen LogP contribution in [0, 0.1) is 0 Å². The molecular formula is C11H18BrN3S. The summed E-state index contributed by atoms with van der Waals surface area (Å²) in [6, 6.07) is 1.13. The molecule has 1 aromatic heterocycles. The van der Waals surface area contributed by atoms with Gasteiger partial charge in [-0.15, -0.1) is 11.3 Å². The van der Waals surface area contributed by atoms with E-state index in [2.05, 4.69) is 45.0 Å². The highest BCUT2D eigenvalue weighted by atomic mass is 79.9. The van der Waals surface area contributed by atoms with Gasteiger partial charge in [0.05, 0.1) is 0 Å². The third-order valence-corrected chi connectivity index (χ3v) is 4.50. The van der Waals surface area contributed by atoms with Crippen molar-refractivity contribution >= 4 is 32.4 Å². The molecule has 5 heteroatoms. The van der Waals surface area contributed by atoms with Crippen LogP contribution in [0.4, 0.5) is 5.13 Å². The zero-order valence-electron chi connectivity index (χ0n) is 9.74. The van der Waals surface area contributed by atoms with Crippen LogP contribution in [0.2, 0.25) is 0 Å². The molecule has 3 nitrogen and oxygen atoms in total. The summed E-state index contributed by atoms with van der Waals surface area (Å²) in [6.45, 7) is 6.68. The molecule has 1 fully saturated rings. The molecule has 16 heavy (non-hydrogen) atoms. The predicted molar refractivity (Wildman–Crippen MR) is 73.3 cm³/mol. The van der Waals surface area contributed by atoms with Crippen LogP contribution < -0.4 is 10.2 Å². The van der Waals surface area contributed by atoms with E-state index in [9.17, 15) is 0 Å². The molecule has 1 unspecified atom stereocenters. The Balaban J connectivity index is 2.04. The van der Waals surface area contributed by atoms with Crippen molar-refractivity contribution in [3.05, 3.63) is 9.98 Å². The lowest BCUT2D eigenvalue weighted by atomic mass is 10.2. The Labute approximate surface area is 109 Å². The second-order valence-corrected chi connectivity index (χ2v) is 6.14. The SMILES string of the molecule is CC(C)N(CC1CCCN1)c1nc(Br)cs1. The fraction of sp³-hybridized carbons (Fsp3) is 0.727. The van der Waals surface area contributed by atoms with Gasteiger partial charge >= 0.3 is 0 Å². The lowest BCUT2D eigenvalue weighted by Gasteiger charge is -2.29. The molecule has 0 aliphatic carbocycles. The summed E-state index contributed by atoms with van der Waals surface area (Å²) in [5.41, 5.74) is 0. The molecule has 90 valence electrons. The quantitative estimate of drug-likeness (QED) is 0.927. The van der Waals surface area contributed by atoms with Crippen LogP contribution in [0.1, 0.15) is 26.7 Å². The van der Waals surface area contributed by atoms with Gasteiger partial charge in [0.2, 0.25) is 0 Å². The van der Waals surface area contributed by atoms with Crippen molar-refractivity contribution in [3.63, 3.8) is 0 Å². The maximum absolute atomic E-state index is 4.51. The Kier molecular flexibility index (Phi) is 4.21. The molecule has 0 bridgehead atoms. The van der Waals surface area contributed by atoms with Gasteiger partial charge in [0.1, 0.15) is 4.60 Å². The average Bonchev–Trinajstić information content (AvgIpc) is 2.84. The normalized spacial score (nSPS) is 20.6. The number of thiazole rings is 1. The second kappa shape index (κ2) is 5.47. The van der Waals surface area contributed by atoms with Crippen LogP contribution in [0.25, 0.3) is 0 Å². The minimum absolute atomic E-state index is 0.500. The van der Waals surface area contributed by atoms with E-state index in [0.717, 1.165) is 22.8 Å². The van der Waals surface area contributed by atoms with Crippen molar-refractivity contribution in [2.75, 3.05) is 18.0 Å². The van der Waals surface area contributed by atoms with Gasteiger partial charge in [-0.25, -0.2) is 4.98 Å². The van der Waals surface area contributed by atoms with Gasteiger partial charge in [-0.3, -0.25) is 0 Å². The van der Waals surface area contributed by atoms with Crippen LogP contribution in [0.3, 0.4) is 0 Å². The van der Waals surface area contributed by atoms with Gasteiger partial charge in [-0.05, 0) is 49.2 Å². The Bertz CT molecular complexity index is 334. The van der Waals surface area contributed by atoms with Crippen molar-refractivity contribution in [3.8, 4) is 0 Å². The number of nitrogens with zero attached hydrogens (tertiary/aromatic N) is 2. The summed E-state index contributed by atoms with van der Waals surface area (Å²) in [5.74, 6) is 0. The van der Waals surface area contributed by atoms with E-state index < -0.39 is 0 Å². The monoisotopic (exact) mass is 303 g/mol. The first-order chi connectivity index (χ1) is 7.66. The Morgan fingerprint density at radius 3 is 3.00 bits per heavy atom. The van der Waals surface area contributed by atoms with Crippen molar-refractivity contribution < 1.29 is 0 Å². The van der Waals surface area contributed by atoms with E-state index in [1.54, 1.807) is 11.3 Å². The number of rotatable bonds is 4. The molecule has 0 aromatic carbocycles. The van der Waals surface area contributed by atoms with E-state index in [1.165, 1.54) is 12.8 Å². The summed E-state index contributed by atoms with van der Waals surface area (Å²) < 4.78 is 0.942. The van der Waals surface area contributed by atoms with Crippen LogP contribution >= 0.6 is 27.3 Å². The standard InChI is InChI=1S/C11H18BrN3S/c1-8(2)15(6-9-4-3-5-13-9)11-14-10(12)7-16-11/h7-9,13H,3-6H2,1-2H3. The lowest BCUT2D eigenvalue weighted by molar-refractivity contribution is 0.552. The summed E-state index contributed by atoms with van der Waals surface area (Å²) in [6.07, 6.45) is 2.59. The third kappa shape index (κ3) is 2.96. The minimum atomic E-state index is 0.500. The molecule has 1 saturated heterocycles. The topological polar surface area (TPSA) is 28.2 Å². The molecule has 1 aromatic rings. The Morgan fingerprint density at radius 1 is 1.69 bits per heavy atom. The number of halogens is 1. The molecule has 0 amide bonds. The number of hydrogen-bond acceptors (Lipinski definition) is 4. The van der Waals surface area contributed by atoms with Crippen LogP contribution in [0.5, 0.6) is 0 Å². The molecule has 1 aliphatic rings. The molecule has 1 N–H and O–H groups in total. The molecule has 0 spiro atoms. The van der Waals surface area contributed by atoms with Crippen LogP contribution in [-0.4, -0.2) is 30.2 Å². The minimum Gasteiger partial charge on any atom is -0.344 e. The van der Waals surface area contributed by atoms with Gasteiger partial charge in [-0.2, -0.15) is 0 Å². The predicted octanol–water partition coefficient (Wildman–Crippen LogP) is 2.87. The lowest BCUT2D eigenvalue weighted by Crippen LogP contribution is -2.41. The molecule has 2 rings (SSSR count). The highest BCUT2D eigenvalue weighted by molar-refractivity contribution is 9.10. The first kappa shape index (κ1) is 12.3. The van der Waals surface area contributed by atoms with Crippen LogP contribution in [0.15, 0.2) is 9.98 Å². The van der Waals surface area contributed by atoms with Crippen molar-refractivity contribution in [1.82, 2.24) is 10.3 Å².